The Bertz CT molecular complexity index is 390. The zero-order chi connectivity index (χ0) is 14.4. The van der Waals surface area contributed by atoms with Crippen LogP contribution < -0.4 is 10.1 Å². The van der Waals surface area contributed by atoms with Crippen molar-refractivity contribution in [3.8, 4) is 5.75 Å². The Kier molecular flexibility index (Phi) is 5.83. The highest BCUT2D eigenvalue weighted by Gasteiger charge is 2.30. The second-order valence-electron chi connectivity index (χ2n) is 5.33. The number of benzene rings is 1. The minimum absolute atomic E-state index is 0.346. The summed E-state index contributed by atoms with van der Waals surface area (Å²) in [5.74, 6) is 0.905. The third kappa shape index (κ3) is 4.20. The van der Waals surface area contributed by atoms with E-state index in [1.165, 1.54) is 18.4 Å². The fraction of sp³-hybridized carbons (Fsp3) is 0.625. The summed E-state index contributed by atoms with van der Waals surface area (Å²) in [5.41, 5.74) is 1.30. The molecule has 0 aromatic heterocycles. The minimum Gasteiger partial charge on any atom is -0.497 e. The Morgan fingerprint density at radius 2 is 1.95 bits per heavy atom. The first-order valence-corrected chi connectivity index (χ1v) is 7.32. The number of likely N-dealkylation sites (N-methyl/N-ethyl adjacent to an activating group) is 1. The molecular weight excluding hydrogens is 252 g/mol. The van der Waals surface area contributed by atoms with Crippen LogP contribution in [-0.2, 0) is 4.74 Å². The summed E-state index contributed by atoms with van der Waals surface area (Å²) in [6.45, 7) is 2.84. The molecule has 1 atom stereocenters. The number of ether oxygens (including phenoxy) is 2. The molecule has 0 radical (unpaired) electrons. The van der Waals surface area contributed by atoms with Gasteiger partial charge in [0.15, 0.2) is 0 Å². The molecule has 1 N–H and O–H groups in total. The molecule has 4 nitrogen and oxygen atoms in total. The van der Waals surface area contributed by atoms with Crippen molar-refractivity contribution in [3.05, 3.63) is 29.8 Å². The largest absolute Gasteiger partial charge is 0.497 e. The van der Waals surface area contributed by atoms with Gasteiger partial charge in [0.1, 0.15) is 5.75 Å². The van der Waals surface area contributed by atoms with Gasteiger partial charge < -0.3 is 14.8 Å². The average molecular weight is 278 g/mol. The molecule has 2 rings (SSSR count). The second kappa shape index (κ2) is 7.62. The van der Waals surface area contributed by atoms with E-state index in [2.05, 4.69) is 22.3 Å². The number of nitrogens with one attached hydrogen (secondary N) is 1. The van der Waals surface area contributed by atoms with Crippen LogP contribution in [-0.4, -0.2) is 51.9 Å². The molecule has 1 aromatic rings. The quantitative estimate of drug-likeness (QED) is 0.750. The van der Waals surface area contributed by atoms with E-state index < -0.39 is 0 Å². The van der Waals surface area contributed by atoms with Crippen molar-refractivity contribution >= 4 is 0 Å². The van der Waals surface area contributed by atoms with E-state index in [0.717, 1.165) is 31.5 Å². The first-order valence-electron chi connectivity index (χ1n) is 7.32. The van der Waals surface area contributed by atoms with Crippen molar-refractivity contribution in [3.63, 3.8) is 0 Å². The number of methoxy groups -OCH3 is 2. The molecule has 0 amide bonds. The fourth-order valence-electron chi connectivity index (χ4n) is 2.51. The summed E-state index contributed by atoms with van der Waals surface area (Å²) in [7, 11) is 5.49. The lowest BCUT2D eigenvalue weighted by molar-refractivity contribution is 0.136. The highest BCUT2D eigenvalue weighted by Crippen LogP contribution is 2.28. The zero-order valence-corrected chi connectivity index (χ0v) is 12.8. The van der Waals surface area contributed by atoms with Gasteiger partial charge in [0.25, 0.3) is 0 Å². The molecule has 112 valence electrons. The Balaban J connectivity index is 1.98. The van der Waals surface area contributed by atoms with E-state index in [4.69, 9.17) is 9.47 Å². The average Bonchev–Trinajstić information content (AvgIpc) is 3.32. The molecule has 1 saturated carbocycles. The second-order valence-corrected chi connectivity index (χ2v) is 5.33. The van der Waals surface area contributed by atoms with Crippen LogP contribution in [0.15, 0.2) is 24.3 Å². The van der Waals surface area contributed by atoms with Gasteiger partial charge in [0.05, 0.1) is 13.7 Å². The van der Waals surface area contributed by atoms with E-state index in [-0.39, 0.29) is 0 Å². The van der Waals surface area contributed by atoms with Crippen molar-refractivity contribution in [1.29, 1.82) is 0 Å². The van der Waals surface area contributed by atoms with E-state index in [0.29, 0.717) is 6.04 Å². The smallest absolute Gasteiger partial charge is 0.118 e. The SMILES string of the molecule is CNC(CN(CCOC)C1CC1)c1ccc(OC)cc1. The van der Waals surface area contributed by atoms with Crippen molar-refractivity contribution in [1.82, 2.24) is 10.2 Å². The summed E-state index contributed by atoms with van der Waals surface area (Å²) in [6, 6.07) is 9.42. The van der Waals surface area contributed by atoms with Gasteiger partial charge >= 0.3 is 0 Å². The molecule has 20 heavy (non-hydrogen) atoms. The first-order chi connectivity index (χ1) is 9.78. The van der Waals surface area contributed by atoms with Gasteiger partial charge in [-0.2, -0.15) is 0 Å². The molecule has 1 fully saturated rings. The highest BCUT2D eigenvalue weighted by molar-refractivity contribution is 5.29. The Labute approximate surface area is 122 Å². The summed E-state index contributed by atoms with van der Waals surface area (Å²) in [5, 5.41) is 3.42. The number of hydrogen-bond acceptors (Lipinski definition) is 4. The van der Waals surface area contributed by atoms with Gasteiger partial charge in [0.2, 0.25) is 0 Å². The molecule has 1 aliphatic rings. The van der Waals surface area contributed by atoms with Crippen LogP contribution >= 0.6 is 0 Å². The summed E-state index contributed by atoms with van der Waals surface area (Å²) >= 11 is 0. The van der Waals surface area contributed by atoms with Gasteiger partial charge in [-0.15, -0.1) is 0 Å². The van der Waals surface area contributed by atoms with Crippen LogP contribution in [0.1, 0.15) is 24.4 Å². The molecule has 4 heteroatoms. The van der Waals surface area contributed by atoms with Crippen LogP contribution in [0.25, 0.3) is 0 Å². The molecule has 0 heterocycles. The van der Waals surface area contributed by atoms with Gasteiger partial charge in [0, 0.05) is 32.3 Å². The molecule has 1 unspecified atom stereocenters. The molecule has 1 aliphatic carbocycles. The predicted octanol–water partition coefficient (Wildman–Crippen LogP) is 2.07. The van der Waals surface area contributed by atoms with Crippen molar-refractivity contribution in [2.24, 2.45) is 0 Å². The molecule has 0 bridgehead atoms. The van der Waals surface area contributed by atoms with Gasteiger partial charge in [-0.1, -0.05) is 12.1 Å². The van der Waals surface area contributed by atoms with Crippen LogP contribution in [0.3, 0.4) is 0 Å². The van der Waals surface area contributed by atoms with E-state index >= 15 is 0 Å². The Morgan fingerprint density at radius 1 is 1.25 bits per heavy atom. The van der Waals surface area contributed by atoms with Crippen molar-refractivity contribution < 1.29 is 9.47 Å². The number of nitrogens with zero attached hydrogens (tertiary/aromatic N) is 1. The molecule has 0 aliphatic heterocycles. The predicted molar refractivity (Wildman–Crippen MR) is 81.3 cm³/mol. The Morgan fingerprint density at radius 3 is 2.45 bits per heavy atom. The maximum absolute atomic E-state index is 5.22. The molecular formula is C16H26N2O2. The standard InChI is InChI=1S/C16H26N2O2/c1-17-16(13-4-8-15(20-3)9-5-13)12-18(10-11-19-2)14-6-7-14/h4-5,8-9,14,16-17H,6-7,10-12H2,1-3H3. The maximum atomic E-state index is 5.22. The zero-order valence-electron chi connectivity index (χ0n) is 12.8. The lowest BCUT2D eigenvalue weighted by atomic mass is 10.1. The summed E-state index contributed by atoms with van der Waals surface area (Å²) in [6.07, 6.45) is 2.64. The van der Waals surface area contributed by atoms with Gasteiger partial charge in [-0.3, -0.25) is 4.90 Å². The Hall–Kier alpha value is -1.10. The van der Waals surface area contributed by atoms with Crippen LogP contribution in [0.4, 0.5) is 0 Å². The van der Waals surface area contributed by atoms with Crippen molar-refractivity contribution in [2.45, 2.75) is 24.9 Å². The van der Waals surface area contributed by atoms with E-state index in [1.54, 1.807) is 14.2 Å². The lowest BCUT2D eigenvalue weighted by Gasteiger charge is -2.27. The minimum atomic E-state index is 0.346. The normalized spacial score (nSPS) is 16.4. The number of rotatable bonds is 9. The summed E-state index contributed by atoms with van der Waals surface area (Å²) in [4.78, 5) is 2.54. The van der Waals surface area contributed by atoms with Crippen LogP contribution in [0.2, 0.25) is 0 Å². The first kappa shape index (κ1) is 15.3. The fourth-order valence-corrected chi connectivity index (χ4v) is 2.51. The summed E-state index contributed by atoms with van der Waals surface area (Å²) < 4.78 is 10.4. The third-order valence-electron chi connectivity index (χ3n) is 3.93. The van der Waals surface area contributed by atoms with Gasteiger partial charge in [-0.25, -0.2) is 0 Å². The molecule has 1 aromatic carbocycles. The highest BCUT2D eigenvalue weighted by atomic mass is 16.5. The van der Waals surface area contributed by atoms with E-state index in [9.17, 15) is 0 Å². The molecule has 0 saturated heterocycles. The van der Waals surface area contributed by atoms with E-state index in [1.807, 2.05) is 19.2 Å². The van der Waals surface area contributed by atoms with Crippen LogP contribution in [0, 0.1) is 0 Å². The molecule has 0 spiro atoms. The lowest BCUT2D eigenvalue weighted by Crippen LogP contribution is -2.37. The number of hydrogen-bond donors (Lipinski definition) is 1. The topological polar surface area (TPSA) is 33.7 Å². The van der Waals surface area contributed by atoms with Crippen molar-refractivity contribution in [2.75, 3.05) is 41.0 Å². The monoisotopic (exact) mass is 278 g/mol. The maximum Gasteiger partial charge on any atom is 0.118 e. The van der Waals surface area contributed by atoms with Gasteiger partial charge in [-0.05, 0) is 37.6 Å². The third-order valence-corrected chi connectivity index (χ3v) is 3.93. The van der Waals surface area contributed by atoms with Crippen LogP contribution in [0.5, 0.6) is 5.75 Å².